The van der Waals surface area contributed by atoms with E-state index < -0.39 is 10.8 Å². The number of aromatic nitrogens is 1. The van der Waals surface area contributed by atoms with Gasteiger partial charge < -0.3 is 14.4 Å². The number of carbonyl (C=O) groups excluding carboxylic acids is 1. The molecule has 0 aliphatic rings. The summed E-state index contributed by atoms with van der Waals surface area (Å²) >= 11 is 7.68. The van der Waals surface area contributed by atoms with Crippen LogP contribution >= 0.6 is 22.9 Å². The number of benzene rings is 2. The van der Waals surface area contributed by atoms with Gasteiger partial charge in [-0.05, 0) is 31.6 Å². The molecule has 1 heterocycles. The summed E-state index contributed by atoms with van der Waals surface area (Å²) in [4.78, 5) is 33.4. The van der Waals surface area contributed by atoms with Crippen molar-refractivity contribution in [1.29, 1.82) is 0 Å². The van der Waals surface area contributed by atoms with Gasteiger partial charge in [-0.1, -0.05) is 42.9 Å². The number of nitro groups is 1. The van der Waals surface area contributed by atoms with Crippen molar-refractivity contribution in [3.63, 3.8) is 0 Å². The quantitative estimate of drug-likeness (QED) is 0.276. The second-order valence-corrected chi connectivity index (χ2v) is 8.89. The second kappa shape index (κ2) is 11.0. The second-order valence-electron chi connectivity index (χ2n) is 7.50. The van der Waals surface area contributed by atoms with Gasteiger partial charge in [0, 0.05) is 19.2 Å². The van der Waals surface area contributed by atoms with E-state index in [4.69, 9.17) is 26.1 Å². The molecule has 0 spiro atoms. The van der Waals surface area contributed by atoms with Crippen molar-refractivity contribution in [3.8, 4) is 11.5 Å². The van der Waals surface area contributed by atoms with Crippen molar-refractivity contribution in [2.24, 2.45) is 0 Å². The fourth-order valence-electron chi connectivity index (χ4n) is 3.61. The first-order chi connectivity index (χ1) is 16.2. The molecule has 0 atom stereocenters. The highest BCUT2D eigenvalue weighted by atomic mass is 35.5. The maximum absolute atomic E-state index is 13.8. The van der Waals surface area contributed by atoms with Crippen LogP contribution in [-0.2, 0) is 0 Å². The van der Waals surface area contributed by atoms with Crippen molar-refractivity contribution >= 4 is 49.9 Å². The molecule has 0 unspecified atom stereocenters. The van der Waals surface area contributed by atoms with Gasteiger partial charge in [0.25, 0.3) is 11.6 Å². The van der Waals surface area contributed by atoms with Crippen LogP contribution in [0.25, 0.3) is 10.2 Å². The van der Waals surface area contributed by atoms with Gasteiger partial charge in [-0.25, -0.2) is 4.98 Å². The number of hydrogen-bond donors (Lipinski definition) is 0. The van der Waals surface area contributed by atoms with E-state index in [1.807, 2.05) is 26.8 Å². The molecular formula is C23H27ClN4O5S. The number of ether oxygens (including phenoxy) is 2. The number of carbonyl (C=O) groups is 1. The third-order valence-corrected chi connectivity index (χ3v) is 7.16. The number of halogens is 1. The van der Waals surface area contributed by atoms with Crippen LogP contribution in [0.4, 0.5) is 10.8 Å². The zero-order valence-electron chi connectivity index (χ0n) is 19.8. The van der Waals surface area contributed by atoms with Gasteiger partial charge in [0.2, 0.25) is 0 Å². The van der Waals surface area contributed by atoms with E-state index in [-0.39, 0.29) is 22.7 Å². The van der Waals surface area contributed by atoms with Crippen LogP contribution in [0.3, 0.4) is 0 Å². The van der Waals surface area contributed by atoms with Crippen molar-refractivity contribution in [2.45, 2.75) is 20.8 Å². The molecule has 0 bridgehead atoms. The standard InChI is InChI=1S/C23H27ClN4O5S/c1-6-26(7-2)10-11-27(23-25-20-14(3)8-9-16(24)21(20)34-23)22(29)15-12-18(32-4)19(33-5)13-17(15)28(30)31/h8-9,12-13H,6-7,10-11H2,1-5H3. The lowest BCUT2D eigenvalue weighted by molar-refractivity contribution is -0.385. The van der Waals surface area contributed by atoms with Crippen LogP contribution < -0.4 is 14.4 Å². The lowest BCUT2D eigenvalue weighted by atomic mass is 10.1. The number of fused-ring (bicyclic) bond motifs is 1. The number of methoxy groups -OCH3 is 2. The molecule has 182 valence electrons. The van der Waals surface area contributed by atoms with Gasteiger partial charge in [-0.2, -0.15) is 0 Å². The van der Waals surface area contributed by atoms with E-state index in [0.29, 0.717) is 28.8 Å². The maximum Gasteiger partial charge on any atom is 0.286 e. The fraction of sp³-hybridized carbons (Fsp3) is 0.391. The van der Waals surface area contributed by atoms with Gasteiger partial charge >= 0.3 is 0 Å². The Labute approximate surface area is 207 Å². The molecule has 9 nitrogen and oxygen atoms in total. The van der Waals surface area contributed by atoms with Gasteiger partial charge in [0.1, 0.15) is 5.56 Å². The molecule has 1 aromatic heterocycles. The highest BCUT2D eigenvalue weighted by molar-refractivity contribution is 7.23. The molecule has 3 rings (SSSR count). The predicted octanol–water partition coefficient (Wildman–Crippen LogP) is 5.17. The number of thiazole rings is 1. The molecule has 0 aliphatic heterocycles. The number of nitrogens with zero attached hydrogens (tertiary/aromatic N) is 4. The largest absolute Gasteiger partial charge is 0.493 e. The Balaban J connectivity index is 2.15. The summed E-state index contributed by atoms with van der Waals surface area (Å²) in [6, 6.07) is 6.21. The number of hydrogen-bond acceptors (Lipinski definition) is 8. The third kappa shape index (κ3) is 5.08. The van der Waals surface area contributed by atoms with E-state index in [2.05, 4.69) is 4.90 Å². The number of aryl methyl sites for hydroxylation is 1. The van der Waals surface area contributed by atoms with Gasteiger partial charge in [-0.15, -0.1) is 0 Å². The van der Waals surface area contributed by atoms with E-state index in [1.54, 1.807) is 6.07 Å². The Hall–Kier alpha value is -2.95. The number of nitro benzene ring substituents is 1. The Morgan fingerprint density at radius 1 is 1.15 bits per heavy atom. The highest BCUT2D eigenvalue weighted by Gasteiger charge is 2.30. The molecule has 0 saturated heterocycles. The van der Waals surface area contributed by atoms with E-state index in [1.165, 1.54) is 42.6 Å². The first-order valence-corrected chi connectivity index (χ1v) is 11.9. The minimum absolute atomic E-state index is 0.107. The average molecular weight is 507 g/mol. The lowest BCUT2D eigenvalue weighted by Crippen LogP contribution is -2.39. The third-order valence-electron chi connectivity index (χ3n) is 5.63. The molecule has 1 amide bonds. The van der Waals surface area contributed by atoms with Crippen molar-refractivity contribution in [2.75, 3.05) is 45.3 Å². The SMILES string of the molecule is CCN(CC)CCN(C(=O)c1cc(OC)c(OC)cc1[N+](=O)[O-])c1nc2c(C)ccc(Cl)c2s1. The van der Waals surface area contributed by atoms with Crippen LogP contribution in [0.15, 0.2) is 24.3 Å². The van der Waals surface area contributed by atoms with E-state index in [9.17, 15) is 14.9 Å². The monoisotopic (exact) mass is 506 g/mol. The Bertz CT molecular complexity index is 1170. The predicted molar refractivity (Wildman–Crippen MR) is 135 cm³/mol. The summed E-state index contributed by atoms with van der Waals surface area (Å²) in [5, 5.41) is 12.8. The number of rotatable bonds is 10. The average Bonchev–Trinajstić information content (AvgIpc) is 3.29. The molecule has 0 saturated carbocycles. The van der Waals surface area contributed by atoms with Crippen LogP contribution in [0.2, 0.25) is 5.02 Å². The first kappa shape index (κ1) is 25.7. The molecule has 0 aliphatic carbocycles. The fourth-order valence-corrected chi connectivity index (χ4v) is 4.95. The Morgan fingerprint density at radius 3 is 2.35 bits per heavy atom. The molecule has 3 aromatic rings. The van der Waals surface area contributed by atoms with Gasteiger partial charge in [0.05, 0.1) is 40.4 Å². The minimum atomic E-state index is -0.600. The maximum atomic E-state index is 13.8. The molecule has 34 heavy (non-hydrogen) atoms. The van der Waals surface area contributed by atoms with Gasteiger partial charge in [0.15, 0.2) is 16.6 Å². The number of likely N-dealkylation sites (N-methyl/N-ethyl adjacent to an activating group) is 1. The molecular weight excluding hydrogens is 480 g/mol. The summed E-state index contributed by atoms with van der Waals surface area (Å²) in [5.74, 6) is -0.154. The van der Waals surface area contributed by atoms with Crippen molar-refractivity contribution < 1.29 is 19.2 Å². The highest BCUT2D eigenvalue weighted by Crippen LogP contribution is 2.38. The molecule has 2 aromatic carbocycles. The van der Waals surface area contributed by atoms with Crippen molar-refractivity contribution in [1.82, 2.24) is 9.88 Å². The zero-order chi connectivity index (χ0) is 25.0. The lowest BCUT2D eigenvalue weighted by Gasteiger charge is -2.25. The van der Waals surface area contributed by atoms with E-state index >= 15 is 0 Å². The topological polar surface area (TPSA) is 98.0 Å². The van der Waals surface area contributed by atoms with E-state index in [0.717, 1.165) is 23.4 Å². The number of amides is 1. The number of anilines is 1. The first-order valence-electron chi connectivity index (χ1n) is 10.8. The van der Waals surface area contributed by atoms with Crippen LogP contribution in [-0.4, -0.2) is 61.1 Å². The van der Waals surface area contributed by atoms with Crippen LogP contribution in [0.1, 0.15) is 29.8 Å². The zero-order valence-corrected chi connectivity index (χ0v) is 21.3. The molecule has 0 fully saturated rings. The Morgan fingerprint density at radius 2 is 1.79 bits per heavy atom. The summed E-state index contributed by atoms with van der Waals surface area (Å²) in [6.07, 6.45) is 0. The Kier molecular flexibility index (Phi) is 8.29. The van der Waals surface area contributed by atoms with Crippen LogP contribution in [0, 0.1) is 17.0 Å². The summed E-state index contributed by atoms with van der Waals surface area (Å²) in [7, 11) is 2.79. The smallest absolute Gasteiger partial charge is 0.286 e. The molecule has 11 heteroatoms. The summed E-state index contributed by atoms with van der Waals surface area (Å²) < 4.78 is 11.3. The summed E-state index contributed by atoms with van der Waals surface area (Å²) in [5.41, 5.74) is 1.15. The van der Waals surface area contributed by atoms with Crippen LogP contribution in [0.5, 0.6) is 11.5 Å². The summed E-state index contributed by atoms with van der Waals surface area (Å²) in [6.45, 7) is 8.47. The van der Waals surface area contributed by atoms with Crippen molar-refractivity contribution in [3.05, 3.63) is 50.5 Å². The molecule has 0 N–H and O–H groups in total. The molecule has 0 radical (unpaired) electrons. The van der Waals surface area contributed by atoms with Gasteiger partial charge in [-0.3, -0.25) is 19.8 Å². The minimum Gasteiger partial charge on any atom is -0.493 e. The normalized spacial score (nSPS) is 11.1.